The summed E-state index contributed by atoms with van der Waals surface area (Å²) >= 11 is 0. The summed E-state index contributed by atoms with van der Waals surface area (Å²) in [5.41, 5.74) is 1.04. The van der Waals surface area contributed by atoms with E-state index in [-0.39, 0.29) is 5.54 Å². The van der Waals surface area contributed by atoms with Gasteiger partial charge in [-0.15, -0.1) is 0 Å². The lowest BCUT2D eigenvalue weighted by atomic mass is 9.91. The molecule has 94 valence electrons. The Kier molecular flexibility index (Phi) is 3.69. The van der Waals surface area contributed by atoms with Gasteiger partial charge in [0.25, 0.3) is 0 Å². The first kappa shape index (κ1) is 12.4. The summed E-state index contributed by atoms with van der Waals surface area (Å²) in [4.78, 5) is 0. The first-order chi connectivity index (χ1) is 8.08. The molecule has 3 heteroatoms. The van der Waals surface area contributed by atoms with Crippen LogP contribution in [0.3, 0.4) is 0 Å². The Hall–Kier alpha value is -1.06. The van der Waals surface area contributed by atoms with E-state index in [0.29, 0.717) is 11.8 Å². The molecule has 1 aromatic rings. The third kappa shape index (κ3) is 3.20. The molecule has 0 spiro atoms. The second kappa shape index (κ2) is 5.07. The van der Waals surface area contributed by atoms with Gasteiger partial charge in [-0.3, -0.25) is 0 Å². The van der Waals surface area contributed by atoms with Crippen LogP contribution in [0, 0.1) is 0 Å². The van der Waals surface area contributed by atoms with Gasteiger partial charge in [-0.2, -0.15) is 0 Å². The number of benzene rings is 1. The molecule has 0 unspecified atom stereocenters. The van der Waals surface area contributed by atoms with E-state index >= 15 is 0 Å². The van der Waals surface area contributed by atoms with Crippen molar-refractivity contribution in [3.05, 3.63) is 29.8 Å². The number of hydrogen-bond acceptors (Lipinski definition) is 3. The second-order valence-corrected chi connectivity index (χ2v) is 5.34. The SMILES string of the molecule is CC(C)(NC1CCNCC1)c1cccc(O)c1. The van der Waals surface area contributed by atoms with Gasteiger partial charge in [0.2, 0.25) is 0 Å². The van der Waals surface area contributed by atoms with Gasteiger partial charge < -0.3 is 15.7 Å². The van der Waals surface area contributed by atoms with Crippen molar-refractivity contribution < 1.29 is 5.11 Å². The van der Waals surface area contributed by atoms with E-state index in [1.807, 2.05) is 12.1 Å². The Morgan fingerprint density at radius 2 is 2.00 bits per heavy atom. The Morgan fingerprint density at radius 1 is 1.29 bits per heavy atom. The maximum Gasteiger partial charge on any atom is 0.115 e. The van der Waals surface area contributed by atoms with Crippen molar-refractivity contribution in [3.63, 3.8) is 0 Å². The van der Waals surface area contributed by atoms with Gasteiger partial charge in [0, 0.05) is 11.6 Å². The molecular formula is C14H22N2O. The van der Waals surface area contributed by atoms with Crippen LogP contribution in [0.2, 0.25) is 0 Å². The van der Waals surface area contributed by atoms with E-state index < -0.39 is 0 Å². The highest BCUT2D eigenvalue weighted by atomic mass is 16.3. The van der Waals surface area contributed by atoms with Crippen LogP contribution in [0.5, 0.6) is 5.75 Å². The topological polar surface area (TPSA) is 44.3 Å². The molecule has 1 heterocycles. The van der Waals surface area contributed by atoms with Crippen LogP contribution in [0.15, 0.2) is 24.3 Å². The Balaban J connectivity index is 2.06. The minimum atomic E-state index is -0.0965. The fourth-order valence-corrected chi connectivity index (χ4v) is 2.45. The fourth-order valence-electron chi connectivity index (χ4n) is 2.45. The first-order valence-electron chi connectivity index (χ1n) is 6.36. The van der Waals surface area contributed by atoms with E-state index in [2.05, 4.69) is 30.5 Å². The molecule has 0 saturated carbocycles. The predicted octanol–water partition coefficient (Wildman–Crippen LogP) is 1.97. The van der Waals surface area contributed by atoms with Gasteiger partial charge in [0.15, 0.2) is 0 Å². The summed E-state index contributed by atoms with van der Waals surface area (Å²) in [5, 5.41) is 16.6. The maximum atomic E-state index is 9.54. The van der Waals surface area contributed by atoms with Crippen LogP contribution in [0.4, 0.5) is 0 Å². The summed E-state index contributed by atoms with van der Waals surface area (Å²) in [6.45, 7) is 6.52. The van der Waals surface area contributed by atoms with Crippen molar-refractivity contribution >= 4 is 0 Å². The van der Waals surface area contributed by atoms with Gasteiger partial charge in [0.1, 0.15) is 5.75 Å². The molecule has 17 heavy (non-hydrogen) atoms. The van der Waals surface area contributed by atoms with Crippen LogP contribution in [0.1, 0.15) is 32.3 Å². The minimum absolute atomic E-state index is 0.0965. The molecule has 1 aromatic carbocycles. The van der Waals surface area contributed by atoms with Crippen molar-refractivity contribution in [1.29, 1.82) is 0 Å². The molecule has 0 aromatic heterocycles. The lowest BCUT2D eigenvalue weighted by Gasteiger charge is -2.34. The maximum absolute atomic E-state index is 9.54. The molecule has 3 N–H and O–H groups in total. The number of phenolic OH excluding ortho intramolecular Hbond substituents is 1. The molecule has 1 fully saturated rings. The summed E-state index contributed by atoms with van der Waals surface area (Å²) in [6.07, 6.45) is 2.34. The van der Waals surface area contributed by atoms with Crippen LogP contribution < -0.4 is 10.6 Å². The van der Waals surface area contributed by atoms with Crippen molar-refractivity contribution in [3.8, 4) is 5.75 Å². The smallest absolute Gasteiger partial charge is 0.115 e. The number of rotatable bonds is 3. The van der Waals surface area contributed by atoms with Crippen molar-refractivity contribution in [2.45, 2.75) is 38.3 Å². The number of piperidine rings is 1. The summed E-state index contributed by atoms with van der Waals surface area (Å²) in [7, 11) is 0. The van der Waals surface area contributed by atoms with Crippen LogP contribution >= 0.6 is 0 Å². The van der Waals surface area contributed by atoms with E-state index in [9.17, 15) is 5.11 Å². The first-order valence-corrected chi connectivity index (χ1v) is 6.36. The molecule has 1 saturated heterocycles. The van der Waals surface area contributed by atoms with E-state index in [1.165, 1.54) is 12.8 Å². The molecule has 1 aliphatic rings. The molecule has 0 bridgehead atoms. The van der Waals surface area contributed by atoms with Gasteiger partial charge in [-0.25, -0.2) is 0 Å². The number of nitrogens with one attached hydrogen (secondary N) is 2. The second-order valence-electron chi connectivity index (χ2n) is 5.34. The van der Waals surface area contributed by atoms with Crippen molar-refractivity contribution in [2.24, 2.45) is 0 Å². The minimum Gasteiger partial charge on any atom is -0.508 e. The van der Waals surface area contributed by atoms with Gasteiger partial charge in [-0.05, 0) is 57.5 Å². The molecule has 0 atom stereocenters. The largest absolute Gasteiger partial charge is 0.508 e. The normalized spacial score (nSPS) is 18.2. The van der Waals surface area contributed by atoms with Crippen molar-refractivity contribution in [1.82, 2.24) is 10.6 Å². The Labute approximate surface area is 103 Å². The van der Waals surface area contributed by atoms with Crippen LogP contribution in [-0.2, 0) is 5.54 Å². The zero-order valence-electron chi connectivity index (χ0n) is 10.7. The van der Waals surface area contributed by atoms with E-state index in [4.69, 9.17) is 0 Å². The predicted molar refractivity (Wildman–Crippen MR) is 70.2 cm³/mol. The van der Waals surface area contributed by atoms with Crippen molar-refractivity contribution in [2.75, 3.05) is 13.1 Å². The highest BCUT2D eigenvalue weighted by Crippen LogP contribution is 2.25. The summed E-state index contributed by atoms with van der Waals surface area (Å²) in [5.74, 6) is 0.336. The monoisotopic (exact) mass is 234 g/mol. The average molecular weight is 234 g/mol. The molecule has 2 rings (SSSR count). The third-order valence-electron chi connectivity index (χ3n) is 3.47. The fraction of sp³-hybridized carbons (Fsp3) is 0.571. The quantitative estimate of drug-likeness (QED) is 0.749. The van der Waals surface area contributed by atoms with Crippen LogP contribution in [-0.4, -0.2) is 24.2 Å². The lowest BCUT2D eigenvalue weighted by Crippen LogP contribution is -2.48. The highest BCUT2D eigenvalue weighted by Gasteiger charge is 2.25. The Bertz CT molecular complexity index is 370. The lowest BCUT2D eigenvalue weighted by molar-refractivity contribution is 0.290. The average Bonchev–Trinajstić information content (AvgIpc) is 2.30. The van der Waals surface area contributed by atoms with E-state index in [0.717, 1.165) is 18.7 Å². The zero-order valence-corrected chi connectivity index (χ0v) is 10.7. The van der Waals surface area contributed by atoms with Gasteiger partial charge in [-0.1, -0.05) is 12.1 Å². The zero-order chi connectivity index (χ0) is 12.3. The summed E-state index contributed by atoms with van der Waals surface area (Å²) in [6, 6.07) is 8.08. The molecule has 1 aliphatic heterocycles. The molecule has 3 nitrogen and oxygen atoms in total. The molecule has 0 radical (unpaired) electrons. The molecule has 0 aliphatic carbocycles. The number of hydrogen-bond donors (Lipinski definition) is 3. The highest BCUT2D eigenvalue weighted by molar-refractivity contribution is 5.31. The number of phenols is 1. The molecule has 0 amide bonds. The summed E-state index contributed by atoms with van der Waals surface area (Å²) < 4.78 is 0. The number of aromatic hydroxyl groups is 1. The third-order valence-corrected chi connectivity index (χ3v) is 3.47. The van der Waals surface area contributed by atoms with E-state index in [1.54, 1.807) is 6.07 Å². The van der Waals surface area contributed by atoms with Gasteiger partial charge in [0.05, 0.1) is 0 Å². The Morgan fingerprint density at radius 3 is 2.65 bits per heavy atom. The molecular weight excluding hydrogens is 212 g/mol. The van der Waals surface area contributed by atoms with Crippen LogP contribution in [0.25, 0.3) is 0 Å². The standard InChI is InChI=1S/C14H22N2O/c1-14(2,11-4-3-5-13(17)10-11)16-12-6-8-15-9-7-12/h3-5,10,12,15-17H,6-9H2,1-2H3. The van der Waals surface area contributed by atoms with Gasteiger partial charge >= 0.3 is 0 Å².